The Morgan fingerprint density at radius 3 is 2.55 bits per heavy atom. The Kier molecular flexibility index (Phi) is 3.34. The van der Waals surface area contributed by atoms with E-state index in [2.05, 4.69) is 17.6 Å². The second kappa shape index (κ2) is 4.07. The van der Waals surface area contributed by atoms with Crippen molar-refractivity contribution in [3.63, 3.8) is 0 Å². The van der Waals surface area contributed by atoms with E-state index in [4.69, 9.17) is 0 Å². The van der Waals surface area contributed by atoms with Crippen molar-refractivity contribution < 1.29 is 0 Å². The highest BCUT2D eigenvalue weighted by Gasteiger charge is 2.34. The Labute approximate surface area is 69.8 Å². The first-order valence-electron chi connectivity index (χ1n) is 4.72. The topological polar surface area (TPSA) is 24.1 Å². The lowest BCUT2D eigenvalue weighted by atomic mass is 9.80. The first kappa shape index (κ1) is 9.01. The Morgan fingerprint density at radius 2 is 2.18 bits per heavy atom. The van der Waals surface area contributed by atoms with Crippen molar-refractivity contribution in [3.05, 3.63) is 0 Å². The molecular weight excluding hydrogens is 136 g/mol. The van der Waals surface area contributed by atoms with Crippen molar-refractivity contribution >= 4 is 0 Å². The number of rotatable bonds is 5. The zero-order chi connectivity index (χ0) is 8.16. The van der Waals surface area contributed by atoms with Crippen LogP contribution in [0.25, 0.3) is 0 Å². The monoisotopic (exact) mass is 156 g/mol. The average molecular weight is 156 g/mol. The molecule has 0 aromatic carbocycles. The average Bonchev–Trinajstić information content (AvgIpc) is 1.95. The van der Waals surface area contributed by atoms with Crippen molar-refractivity contribution in [2.24, 2.45) is 0 Å². The predicted molar refractivity (Wildman–Crippen MR) is 48.8 cm³/mol. The van der Waals surface area contributed by atoms with Gasteiger partial charge in [0.25, 0.3) is 0 Å². The molecule has 1 fully saturated rings. The Balaban J connectivity index is 2.22. The lowest BCUT2D eigenvalue weighted by Crippen LogP contribution is -2.57. The van der Waals surface area contributed by atoms with Crippen LogP contribution in [-0.4, -0.2) is 25.7 Å². The van der Waals surface area contributed by atoms with Crippen LogP contribution in [0.15, 0.2) is 0 Å². The van der Waals surface area contributed by atoms with Gasteiger partial charge in [-0.25, -0.2) is 0 Å². The van der Waals surface area contributed by atoms with Crippen LogP contribution >= 0.6 is 0 Å². The highest BCUT2D eigenvalue weighted by molar-refractivity contribution is 4.96. The third kappa shape index (κ3) is 2.17. The molecule has 0 bridgehead atoms. The summed E-state index contributed by atoms with van der Waals surface area (Å²) in [6.07, 6.45) is 5.31. The van der Waals surface area contributed by atoms with Crippen LogP contribution < -0.4 is 10.6 Å². The van der Waals surface area contributed by atoms with Gasteiger partial charge in [-0.05, 0) is 39.4 Å². The summed E-state index contributed by atoms with van der Waals surface area (Å²) in [7, 11) is 2.03. The van der Waals surface area contributed by atoms with Crippen LogP contribution in [0.1, 0.15) is 32.6 Å². The largest absolute Gasteiger partial charge is 0.320 e. The lowest BCUT2D eigenvalue weighted by molar-refractivity contribution is 0.175. The molecule has 11 heavy (non-hydrogen) atoms. The summed E-state index contributed by atoms with van der Waals surface area (Å²) in [5.41, 5.74) is 0.512. The molecule has 0 amide bonds. The predicted octanol–water partition coefficient (Wildman–Crippen LogP) is 1.13. The lowest BCUT2D eigenvalue weighted by Gasteiger charge is -2.43. The standard InChI is InChI=1S/C9H20N2/c1-3-4-9(5-7-10-2)6-8-11-9/h10-11H,3-8H2,1-2H3. The van der Waals surface area contributed by atoms with Gasteiger partial charge in [0.2, 0.25) is 0 Å². The summed E-state index contributed by atoms with van der Waals surface area (Å²) in [6.45, 7) is 4.64. The van der Waals surface area contributed by atoms with E-state index in [-0.39, 0.29) is 0 Å². The molecule has 0 aromatic rings. The van der Waals surface area contributed by atoms with E-state index in [1.165, 1.54) is 32.2 Å². The zero-order valence-electron chi connectivity index (χ0n) is 7.74. The van der Waals surface area contributed by atoms with E-state index in [0.29, 0.717) is 5.54 Å². The third-order valence-corrected chi connectivity index (χ3v) is 2.69. The molecule has 1 unspecified atom stereocenters. The normalized spacial score (nSPS) is 30.0. The molecule has 1 rings (SSSR count). The summed E-state index contributed by atoms with van der Waals surface area (Å²) in [6, 6.07) is 0. The van der Waals surface area contributed by atoms with Crippen molar-refractivity contribution in [2.75, 3.05) is 20.1 Å². The molecule has 2 heteroatoms. The van der Waals surface area contributed by atoms with Crippen LogP contribution in [0, 0.1) is 0 Å². The van der Waals surface area contributed by atoms with E-state index < -0.39 is 0 Å². The minimum Gasteiger partial charge on any atom is -0.320 e. The van der Waals surface area contributed by atoms with Gasteiger partial charge in [0.05, 0.1) is 0 Å². The first-order chi connectivity index (χ1) is 5.33. The summed E-state index contributed by atoms with van der Waals surface area (Å²) < 4.78 is 0. The fourth-order valence-electron chi connectivity index (χ4n) is 1.87. The highest BCUT2D eigenvalue weighted by atomic mass is 15.0. The fraction of sp³-hybridized carbons (Fsp3) is 1.00. The molecule has 0 aromatic heterocycles. The molecule has 0 saturated carbocycles. The SMILES string of the molecule is CCCC1(CCNC)CCN1. The molecular formula is C9H20N2. The molecule has 66 valence electrons. The van der Waals surface area contributed by atoms with Gasteiger partial charge in [0.15, 0.2) is 0 Å². The van der Waals surface area contributed by atoms with Crippen LogP contribution in [-0.2, 0) is 0 Å². The first-order valence-corrected chi connectivity index (χ1v) is 4.72. The minimum atomic E-state index is 0.512. The Hall–Kier alpha value is -0.0800. The molecule has 2 N–H and O–H groups in total. The van der Waals surface area contributed by atoms with E-state index in [1.54, 1.807) is 0 Å². The fourth-order valence-corrected chi connectivity index (χ4v) is 1.87. The Morgan fingerprint density at radius 1 is 1.45 bits per heavy atom. The van der Waals surface area contributed by atoms with Crippen LogP contribution in [0.4, 0.5) is 0 Å². The van der Waals surface area contributed by atoms with Crippen molar-refractivity contribution in [1.82, 2.24) is 10.6 Å². The maximum absolute atomic E-state index is 3.55. The van der Waals surface area contributed by atoms with Gasteiger partial charge in [0.1, 0.15) is 0 Å². The van der Waals surface area contributed by atoms with E-state index in [0.717, 1.165) is 6.54 Å². The quantitative estimate of drug-likeness (QED) is 0.623. The molecule has 1 saturated heterocycles. The zero-order valence-corrected chi connectivity index (χ0v) is 7.74. The van der Waals surface area contributed by atoms with E-state index >= 15 is 0 Å². The second-order valence-corrected chi connectivity index (χ2v) is 3.56. The third-order valence-electron chi connectivity index (χ3n) is 2.69. The molecule has 0 aliphatic carbocycles. The summed E-state index contributed by atoms with van der Waals surface area (Å²) in [5, 5.41) is 6.76. The van der Waals surface area contributed by atoms with Gasteiger partial charge in [-0.3, -0.25) is 0 Å². The summed E-state index contributed by atoms with van der Waals surface area (Å²) >= 11 is 0. The highest BCUT2D eigenvalue weighted by Crippen LogP contribution is 2.27. The summed E-state index contributed by atoms with van der Waals surface area (Å²) in [5.74, 6) is 0. The second-order valence-electron chi connectivity index (χ2n) is 3.56. The number of hydrogen-bond donors (Lipinski definition) is 2. The molecule has 0 radical (unpaired) electrons. The molecule has 1 atom stereocenters. The Bertz CT molecular complexity index is 108. The van der Waals surface area contributed by atoms with Crippen LogP contribution in [0.3, 0.4) is 0 Å². The van der Waals surface area contributed by atoms with Gasteiger partial charge in [-0.1, -0.05) is 13.3 Å². The summed E-state index contributed by atoms with van der Waals surface area (Å²) in [4.78, 5) is 0. The smallest absolute Gasteiger partial charge is 0.0205 e. The molecule has 0 spiro atoms. The van der Waals surface area contributed by atoms with Gasteiger partial charge < -0.3 is 10.6 Å². The van der Waals surface area contributed by atoms with Gasteiger partial charge in [-0.15, -0.1) is 0 Å². The molecule has 2 nitrogen and oxygen atoms in total. The van der Waals surface area contributed by atoms with E-state index in [9.17, 15) is 0 Å². The van der Waals surface area contributed by atoms with Gasteiger partial charge in [0, 0.05) is 5.54 Å². The maximum atomic E-state index is 3.55. The van der Waals surface area contributed by atoms with Gasteiger partial charge >= 0.3 is 0 Å². The molecule has 1 aliphatic heterocycles. The van der Waals surface area contributed by atoms with Crippen LogP contribution in [0.5, 0.6) is 0 Å². The van der Waals surface area contributed by atoms with Crippen molar-refractivity contribution in [1.29, 1.82) is 0 Å². The number of nitrogens with one attached hydrogen (secondary N) is 2. The van der Waals surface area contributed by atoms with E-state index in [1.807, 2.05) is 7.05 Å². The number of hydrogen-bond acceptors (Lipinski definition) is 2. The molecule has 1 heterocycles. The minimum absolute atomic E-state index is 0.512. The maximum Gasteiger partial charge on any atom is 0.0205 e. The van der Waals surface area contributed by atoms with Crippen LogP contribution in [0.2, 0.25) is 0 Å². The van der Waals surface area contributed by atoms with Crippen molar-refractivity contribution in [2.45, 2.75) is 38.1 Å². The van der Waals surface area contributed by atoms with Gasteiger partial charge in [-0.2, -0.15) is 0 Å². The molecule has 1 aliphatic rings. The van der Waals surface area contributed by atoms with Crippen molar-refractivity contribution in [3.8, 4) is 0 Å².